The molecule has 0 saturated heterocycles. The molecule has 42 valence electrons. The Balaban J connectivity index is 2.30. The number of hydrogen-bond acceptors (Lipinski definition) is 3. The molecule has 0 radical (unpaired) electrons. The van der Waals surface area contributed by atoms with E-state index in [-0.39, 0.29) is 0 Å². The van der Waals surface area contributed by atoms with Crippen molar-refractivity contribution in [2.45, 2.75) is 18.1 Å². The van der Waals surface area contributed by atoms with Crippen LogP contribution in [0.4, 0.5) is 0 Å². The van der Waals surface area contributed by atoms with Gasteiger partial charge < -0.3 is 16.8 Å². The second-order valence-electron chi connectivity index (χ2n) is 2.16. The molecule has 7 heavy (non-hydrogen) atoms. The average Bonchev–Trinajstić information content (AvgIpc) is 2.13. The molecule has 0 bridgehead atoms. The van der Waals surface area contributed by atoms with Gasteiger partial charge in [-0.25, -0.2) is 0 Å². The molecule has 0 aromatic rings. The van der Waals surface area contributed by atoms with Crippen molar-refractivity contribution in [3.63, 3.8) is 0 Å². The van der Waals surface area contributed by atoms with Crippen LogP contribution in [-0.4, -0.2) is 18.8 Å². The smallest absolute Gasteiger partial charge is 0.0811 e. The van der Waals surface area contributed by atoms with E-state index in [1.807, 2.05) is 7.05 Å². The van der Waals surface area contributed by atoms with E-state index < -0.39 is 5.66 Å². The van der Waals surface area contributed by atoms with Gasteiger partial charge in [-0.2, -0.15) is 0 Å². The van der Waals surface area contributed by atoms with E-state index in [0.29, 0.717) is 6.04 Å². The first kappa shape index (κ1) is 5.03. The highest BCUT2D eigenvalue weighted by Gasteiger charge is 2.46. The lowest BCUT2D eigenvalue weighted by atomic mass is 10.5. The quantitative estimate of drug-likeness (QED) is 0.356. The number of hydrogen-bond donors (Lipinski definition) is 3. The van der Waals surface area contributed by atoms with Crippen LogP contribution in [0.5, 0.6) is 0 Å². The minimum Gasteiger partial charge on any atom is -0.314 e. The molecule has 0 aliphatic heterocycles. The molecule has 1 atom stereocenters. The zero-order valence-corrected chi connectivity index (χ0v) is 4.44. The van der Waals surface area contributed by atoms with Gasteiger partial charge in [0.2, 0.25) is 0 Å². The Hall–Kier alpha value is -0.120. The van der Waals surface area contributed by atoms with Crippen LogP contribution < -0.4 is 16.8 Å². The monoisotopic (exact) mass is 101 g/mol. The second-order valence-corrected chi connectivity index (χ2v) is 2.16. The van der Waals surface area contributed by atoms with Gasteiger partial charge in [0, 0.05) is 6.04 Å². The van der Waals surface area contributed by atoms with E-state index in [0.717, 1.165) is 6.42 Å². The SMILES string of the molecule is CNC1CC1(N)N. The molecule has 1 fully saturated rings. The normalized spacial score (nSPS) is 35.6. The maximum Gasteiger partial charge on any atom is 0.0811 e. The largest absolute Gasteiger partial charge is 0.314 e. The predicted octanol–water partition coefficient (Wildman–Crippen LogP) is -1.41. The molecule has 1 rings (SSSR count). The molecule has 5 N–H and O–H groups in total. The second kappa shape index (κ2) is 1.18. The Morgan fingerprint density at radius 2 is 2.14 bits per heavy atom. The van der Waals surface area contributed by atoms with Gasteiger partial charge in [-0.05, 0) is 13.5 Å². The molecule has 0 spiro atoms. The van der Waals surface area contributed by atoms with Gasteiger partial charge in [0.1, 0.15) is 0 Å². The molecular weight excluding hydrogens is 90.1 g/mol. The van der Waals surface area contributed by atoms with Gasteiger partial charge in [0.25, 0.3) is 0 Å². The van der Waals surface area contributed by atoms with E-state index in [2.05, 4.69) is 5.32 Å². The van der Waals surface area contributed by atoms with Crippen molar-refractivity contribution in [1.82, 2.24) is 5.32 Å². The van der Waals surface area contributed by atoms with Crippen LogP contribution in [0.1, 0.15) is 6.42 Å². The lowest BCUT2D eigenvalue weighted by Crippen LogP contribution is -2.41. The van der Waals surface area contributed by atoms with Crippen LogP contribution in [0.2, 0.25) is 0 Å². The Kier molecular flexibility index (Phi) is 0.849. The molecule has 1 saturated carbocycles. The Bertz CT molecular complexity index is 79.0. The van der Waals surface area contributed by atoms with E-state index in [4.69, 9.17) is 11.5 Å². The van der Waals surface area contributed by atoms with Crippen LogP contribution >= 0.6 is 0 Å². The topological polar surface area (TPSA) is 64.1 Å². The molecule has 0 heterocycles. The molecule has 0 aromatic heterocycles. The first-order valence-corrected chi connectivity index (χ1v) is 2.42. The van der Waals surface area contributed by atoms with Gasteiger partial charge in [0.15, 0.2) is 0 Å². The lowest BCUT2D eigenvalue weighted by Gasteiger charge is -1.99. The summed E-state index contributed by atoms with van der Waals surface area (Å²) in [6.45, 7) is 0. The molecule has 3 heteroatoms. The van der Waals surface area contributed by atoms with Crippen molar-refractivity contribution in [1.29, 1.82) is 0 Å². The summed E-state index contributed by atoms with van der Waals surface area (Å²) in [6.07, 6.45) is 0.906. The summed E-state index contributed by atoms with van der Waals surface area (Å²) in [5.74, 6) is 0. The lowest BCUT2D eigenvalue weighted by molar-refractivity contribution is 0.631. The van der Waals surface area contributed by atoms with Gasteiger partial charge in [-0.3, -0.25) is 0 Å². The highest BCUT2D eigenvalue weighted by Crippen LogP contribution is 2.25. The number of nitrogens with one attached hydrogen (secondary N) is 1. The number of rotatable bonds is 1. The van der Waals surface area contributed by atoms with Crippen molar-refractivity contribution in [2.24, 2.45) is 11.5 Å². The summed E-state index contributed by atoms with van der Waals surface area (Å²) in [6, 6.07) is 0.354. The number of likely N-dealkylation sites (N-methyl/N-ethyl adjacent to an activating group) is 1. The van der Waals surface area contributed by atoms with Gasteiger partial charge in [-0.1, -0.05) is 0 Å². The summed E-state index contributed by atoms with van der Waals surface area (Å²) in [7, 11) is 1.87. The third-order valence-corrected chi connectivity index (χ3v) is 1.39. The Labute approximate surface area is 43.1 Å². The third kappa shape index (κ3) is 0.748. The third-order valence-electron chi connectivity index (χ3n) is 1.39. The van der Waals surface area contributed by atoms with Gasteiger partial charge in [-0.15, -0.1) is 0 Å². The Morgan fingerprint density at radius 1 is 1.71 bits per heavy atom. The fraction of sp³-hybridized carbons (Fsp3) is 1.00. The molecule has 1 aliphatic rings. The molecule has 1 unspecified atom stereocenters. The molecule has 0 aromatic carbocycles. The first-order valence-electron chi connectivity index (χ1n) is 2.42. The summed E-state index contributed by atoms with van der Waals surface area (Å²) < 4.78 is 0. The minimum atomic E-state index is -0.394. The first-order chi connectivity index (χ1) is 3.17. The summed E-state index contributed by atoms with van der Waals surface area (Å²) in [5, 5.41) is 2.98. The zero-order valence-electron chi connectivity index (χ0n) is 4.44. The summed E-state index contributed by atoms with van der Waals surface area (Å²) in [5.41, 5.74) is 10.5. The van der Waals surface area contributed by atoms with Crippen molar-refractivity contribution in [3.05, 3.63) is 0 Å². The highest BCUT2D eigenvalue weighted by atomic mass is 15.2. The van der Waals surface area contributed by atoms with Gasteiger partial charge >= 0.3 is 0 Å². The molecule has 3 nitrogen and oxygen atoms in total. The zero-order chi connectivity index (χ0) is 5.49. The van der Waals surface area contributed by atoms with Crippen molar-refractivity contribution in [3.8, 4) is 0 Å². The minimum absolute atomic E-state index is 0.354. The fourth-order valence-electron chi connectivity index (χ4n) is 0.665. The Morgan fingerprint density at radius 3 is 2.14 bits per heavy atom. The van der Waals surface area contributed by atoms with Crippen molar-refractivity contribution < 1.29 is 0 Å². The van der Waals surface area contributed by atoms with Crippen LogP contribution in [0, 0.1) is 0 Å². The van der Waals surface area contributed by atoms with Gasteiger partial charge in [0.05, 0.1) is 5.66 Å². The van der Waals surface area contributed by atoms with Crippen LogP contribution in [-0.2, 0) is 0 Å². The highest BCUT2D eigenvalue weighted by molar-refractivity contribution is 5.08. The van der Waals surface area contributed by atoms with Crippen LogP contribution in [0.15, 0.2) is 0 Å². The fourth-order valence-corrected chi connectivity index (χ4v) is 0.665. The average molecular weight is 101 g/mol. The van der Waals surface area contributed by atoms with E-state index in [9.17, 15) is 0 Å². The van der Waals surface area contributed by atoms with E-state index in [1.54, 1.807) is 0 Å². The van der Waals surface area contributed by atoms with Crippen LogP contribution in [0.25, 0.3) is 0 Å². The number of nitrogens with two attached hydrogens (primary N) is 2. The van der Waals surface area contributed by atoms with E-state index in [1.165, 1.54) is 0 Å². The van der Waals surface area contributed by atoms with E-state index >= 15 is 0 Å². The molecule has 0 amide bonds. The predicted molar refractivity (Wildman–Crippen MR) is 28.6 cm³/mol. The van der Waals surface area contributed by atoms with Crippen molar-refractivity contribution >= 4 is 0 Å². The summed E-state index contributed by atoms with van der Waals surface area (Å²) >= 11 is 0. The maximum atomic E-state index is 5.44. The standard InChI is InChI=1S/C4H11N3/c1-7-3-2-4(3,5)6/h3,7H,2,5-6H2,1H3. The maximum absolute atomic E-state index is 5.44. The molecule has 1 aliphatic carbocycles. The molecular formula is C4H11N3. The van der Waals surface area contributed by atoms with Crippen molar-refractivity contribution in [2.75, 3.05) is 7.05 Å². The van der Waals surface area contributed by atoms with Crippen LogP contribution in [0.3, 0.4) is 0 Å². The summed E-state index contributed by atoms with van der Waals surface area (Å²) in [4.78, 5) is 0.